The number of hydrogen-bond acceptors (Lipinski definition) is 3. The molecule has 1 unspecified atom stereocenters. The Morgan fingerprint density at radius 1 is 1.33 bits per heavy atom. The smallest absolute Gasteiger partial charge is 0.128 e. The molecule has 1 atom stereocenters. The minimum atomic E-state index is 0.328. The van der Waals surface area contributed by atoms with Crippen LogP contribution in [0.4, 0.5) is 5.82 Å². The van der Waals surface area contributed by atoms with Crippen molar-refractivity contribution in [2.24, 2.45) is 0 Å². The second kappa shape index (κ2) is 6.94. The molecule has 112 valence electrons. The van der Waals surface area contributed by atoms with Crippen LogP contribution in [0.5, 0.6) is 5.75 Å². The zero-order chi connectivity index (χ0) is 15.4. The highest BCUT2D eigenvalue weighted by atomic mass is 79.9. The maximum Gasteiger partial charge on any atom is 0.128 e. The zero-order valence-electron chi connectivity index (χ0n) is 12.9. The van der Waals surface area contributed by atoms with E-state index in [0.29, 0.717) is 6.04 Å². The van der Waals surface area contributed by atoms with Crippen molar-refractivity contribution in [3.8, 4) is 5.75 Å². The molecule has 0 amide bonds. The van der Waals surface area contributed by atoms with Gasteiger partial charge in [0.2, 0.25) is 0 Å². The second-order valence-electron chi connectivity index (χ2n) is 5.27. The van der Waals surface area contributed by atoms with E-state index in [2.05, 4.69) is 58.8 Å². The van der Waals surface area contributed by atoms with Gasteiger partial charge in [0, 0.05) is 23.8 Å². The van der Waals surface area contributed by atoms with Crippen molar-refractivity contribution in [1.82, 2.24) is 4.98 Å². The highest BCUT2D eigenvalue weighted by molar-refractivity contribution is 9.10. The van der Waals surface area contributed by atoms with Gasteiger partial charge in [-0.2, -0.15) is 0 Å². The van der Waals surface area contributed by atoms with Crippen LogP contribution in [0.3, 0.4) is 0 Å². The third-order valence-corrected chi connectivity index (χ3v) is 4.59. The molecule has 3 nitrogen and oxygen atoms in total. The Labute approximate surface area is 135 Å². The topological polar surface area (TPSA) is 25.4 Å². The molecule has 0 bridgehead atoms. The molecule has 0 radical (unpaired) electrons. The Bertz CT molecular complexity index is 615. The molecule has 1 aromatic carbocycles. The Kier molecular flexibility index (Phi) is 5.23. The Balaban J connectivity index is 2.15. The minimum Gasteiger partial charge on any atom is -0.496 e. The molecule has 0 aliphatic carbocycles. The van der Waals surface area contributed by atoms with E-state index in [-0.39, 0.29) is 0 Å². The maximum atomic E-state index is 5.43. The van der Waals surface area contributed by atoms with E-state index in [1.165, 1.54) is 11.1 Å². The number of ether oxygens (including phenoxy) is 1. The normalized spacial score (nSPS) is 12.0. The van der Waals surface area contributed by atoms with Crippen LogP contribution in [0.1, 0.15) is 18.1 Å². The van der Waals surface area contributed by atoms with Crippen molar-refractivity contribution in [3.63, 3.8) is 0 Å². The molecule has 2 aromatic rings. The number of pyridine rings is 1. The van der Waals surface area contributed by atoms with E-state index < -0.39 is 0 Å². The summed E-state index contributed by atoms with van der Waals surface area (Å²) >= 11 is 3.49. The van der Waals surface area contributed by atoms with Crippen molar-refractivity contribution < 1.29 is 4.74 Å². The summed E-state index contributed by atoms with van der Waals surface area (Å²) in [5.41, 5.74) is 2.41. The Hall–Kier alpha value is -1.55. The van der Waals surface area contributed by atoms with Gasteiger partial charge in [0.15, 0.2) is 0 Å². The number of anilines is 1. The predicted molar refractivity (Wildman–Crippen MR) is 91.2 cm³/mol. The molecule has 0 aliphatic heterocycles. The lowest BCUT2D eigenvalue weighted by atomic mass is 10.1. The average molecular weight is 349 g/mol. The van der Waals surface area contributed by atoms with E-state index in [1.807, 2.05) is 24.4 Å². The molecule has 2 rings (SSSR count). The largest absolute Gasteiger partial charge is 0.496 e. The maximum absolute atomic E-state index is 5.43. The van der Waals surface area contributed by atoms with Gasteiger partial charge in [-0.15, -0.1) is 0 Å². The van der Waals surface area contributed by atoms with Crippen LogP contribution in [0.25, 0.3) is 0 Å². The molecule has 0 spiro atoms. The van der Waals surface area contributed by atoms with Crippen molar-refractivity contribution in [2.75, 3.05) is 19.1 Å². The van der Waals surface area contributed by atoms with Crippen molar-refractivity contribution >= 4 is 21.7 Å². The van der Waals surface area contributed by atoms with Gasteiger partial charge in [0.25, 0.3) is 0 Å². The quantitative estimate of drug-likeness (QED) is 0.808. The van der Waals surface area contributed by atoms with Crippen molar-refractivity contribution in [1.29, 1.82) is 0 Å². The van der Waals surface area contributed by atoms with Gasteiger partial charge in [-0.25, -0.2) is 4.98 Å². The number of likely N-dealkylation sites (N-methyl/N-ethyl adjacent to an activating group) is 1. The predicted octanol–water partition coefficient (Wildman–Crippen LogP) is 4.23. The molecule has 0 N–H and O–H groups in total. The number of aromatic nitrogens is 1. The van der Waals surface area contributed by atoms with Crippen LogP contribution >= 0.6 is 15.9 Å². The van der Waals surface area contributed by atoms with Gasteiger partial charge in [0.1, 0.15) is 11.6 Å². The van der Waals surface area contributed by atoms with E-state index in [0.717, 1.165) is 22.5 Å². The van der Waals surface area contributed by atoms with Crippen molar-refractivity contribution in [3.05, 3.63) is 52.1 Å². The molecule has 0 saturated heterocycles. The molecule has 21 heavy (non-hydrogen) atoms. The third-order valence-electron chi connectivity index (χ3n) is 3.76. The molecule has 1 heterocycles. The first kappa shape index (κ1) is 15.8. The molecular formula is C17H21BrN2O. The van der Waals surface area contributed by atoms with Crippen LogP contribution in [-0.4, -0.2) is 25.2 Å². The van der Waals surface area contributed by atoms with Gasteiger partial charge in [0.05, 0.1) is 7.11 Å². The Morgan fingerprint density at radius 2 is 2.05 bits per heavy atom. The standard InChI is InChI=1S/C17H21BrN2O/c1-12-9-17(19-11-15(12)18)20(3)13(2)10-14-7-5-6-8-16(14)21-4/h5-9,11,13H,10H2,1-4H3. The number of rotatable bonds is 5. The number of methoxy groups -OCH3 is 1. The molecule has 0 fully saturated rings. The van der Waals surface area contributed by atoms with Gasteiger partial charge in [-0.1, -0.05) is 18.2 Å². The highest BCUT2D eigenvalue weighted by Crippen LogP contribution is 2.24. The van der Waals surface area contributed by atoms with Crippen LogP contribution in [0.15, 0.2) is 41.0 Å². The molecule has 4 heteroatoms. The molecule has 1 aromatic heterocycles. The summed E-state index contributed by atoms with van der Waals surface area (Å²) in [6.45, 7) is 4.28. The van der Waals surface area contributed by atoms with Crippen LogP contribution in [0.2, 0.25) is 0 Å². The molecule has 0 aliphatic rings. The van der Waals surface area contributed by atoms with E-state index in [1.54, 1.807) is 7.11 Å². The van der Waals surface area contributed by atoms with Gasteiger partial charge < -0.3 is 9.64 Å². The van der Waals surface area contributed by atoms with Crippen LogP contribution < -0.4 is 9.64 Å². The lowest BCUT2D eigenvalue weighted by molar-refractivity contribution is 0.408. The van der Waals surface area contributed by atoms with Gasteiger partial charge in [-0.05, 0) is 59.5 Å². The van der Waals surface area contributed by atoms with Crippen molar-refractivity contribution in [2.45, 2.75) is 26.3 Å². The first-order valence-corrected chi connectivity index (χ1v) is 7.79. The lowest BCUT2D eigenvalue weighted by Crippen LogP contribution is -2.31. The fraction of sp³-hybridized carbons (Fsp3) is 0.353. The lowest BCUT2D eigenvalue weighted by Gasteiger charge is -2.27. The fourth-order valence-corrected chi connectivity index (χ4v) is 2.49. The Morgan fingerprint density at radius 3 is 2.71 bits per heavy atom. The van der Waals surface area contributed by atoms with E-state index >= 15 is 0 Å². The van der Waals surface area contributed by atoms with Gasteiger partial charge in [-0.3, -0.25) is 0 Å². The summed E-state index contributed by atoms with van der Waals surface area (Å²) < 4.78 is 6.47. The number of halogens is 1. The first-order chi connectivity index (χ1) is 10.0. The summed E-state index contributed by atoms with van der Waals surface area (Å²) in [5.74, 6) is 1.93. The zero-order valence-corrected chi connectivity index (χ0v) is 14.5. The molecule has 0 saturated carbocycles. The summed E-state index contributed by atoms with van der Waals surface area (Å²) in [4.78, 5) is 6.69. The van der Waals surface area contributed by atoms with Gasteiger partial charge >= 0.3 is 0 Å². The second-order valence-corrected chi connectivity index (χ2v) is 6.12. The summed E-state index contributed by atoms with van der Waals surface area (Å²) in [6.07, 6.45) is 2.77. The number of nitrogens with zero attached hydrogens (tertiary/aromatic N) is 2. The number of benzene rings is 1. The summed E-state index contributed by atoms with van der Waals surface area (Å²) in [7, 11) is 3.79. The molecular weight excluding hydrogens is 328 g/mol. The number of para-hydroxylation sites is 1. The SMILES string of the molecule is COc1ccccc1CC(C)N(C)c1cc(C)c(Br)cn1. The number of hydrogen-bond donors (Lipinski definition) is 0. The van der Waals surface area contributed by atoms with E-state index in [9.17, 15) is 0 Å². The van der Waals surface area contributed by atoms with Crippen LogP contribution in [0, 0.1) is 6.92 Å². The highest BCUT2D eigenvalue weighted by Gasteiger charge is 2.14. The summed E-state index contributed by atoms with van der Waals surface area (Å²) in [6, 6.07) is 10.6. The van der Waals surface area contributed by atoms with Crippen LogP contribution in [-0.2, 0) is 6.42 Å². The fourth-order valence-electron chi connectivity index (χ4n) is 2.27. The third kappa shape index (κ3) is 3.76. The monoisotopic (exact) mass is 348 g/mol. The summed E-state index contributed by atoms with van der Waals surface area (Å²) in [5, 5.41) is 0. The first-order valence-electron chi connectivity index (χ1n) is 6.99. The minimum absolute atomic E-state index is 0.328. The number of aryl methyl sites for hydroxylation is 1. The average Bonchev–Trinajstić information content (AvgIpc) is 2.49. The van der Waals surface area contributed by atoms with E-state index in [4.69, 9.17) is 4.74 Å².